The molecule has 0 aliphatic heterocycles. The van der Waals surface area contributed by atoms with Gasteiger partial charge < -0.3 is 19.2 Å². The van der Waals surface area contributed by atoms with Crippen molar-refractivity contribution in [3.05, 3.63) is 66.2 Å². The van der Waals surface area contributed by atoms with E-state index in [4.69, 9.17) is 13.9 Å². The summed E-state index contributed by atoms with van der Waals surface area (Å²) in [6, 6.07) is 18.7. The largest absolute Gasteiger partial charge is 0.490 e. The van der Waals surface area contributed by atoms with Gasteiger partial charge in [0, 0.05) is 28.1 Å². The zero-order chi connectivity index (χ0) is 19.5. The second kappa shape index (κ2) is 7.64. The Kier molecular flexibility index (Phi) is 4.89. The Balaban J connectivity index is 1.60. The van der Waals surface area contributed by atoms with Crippen molar-refractivity contribution >= 4 is 33.5 Å². The lowest BCUT2D eigenvalue weighted by Gasteiger charge is -2.12. The van der Waals surface area contributed by atoms with Crippen molar-refractivity contribution in [1.29, 1.82) is 0 Å². The van der Waals surface area contributed by atoms with Gasteiger partial charge in [0.25, 0.3) is 5.91 Å². The fourth-order valence-electron chi connectivity index (χ4n) is 3.20. The van der Waals surface area contributed by atoms with E-state index in [9.17, 15) is 4.79 Å². The number of benzene rings is 3. The Morgan fingerprint density at radius 2 is 1.61 bits per heavy atom. The van der Waals surface area contributed by atoms with Gasteiger partial charge >= 0.3 is 0 Å². The summed E-state index contributed by atoms with van der Waals surface area (Å²) in [4.78, 5) is 12.7. The average Bonchev–Trinajstić information content (AvgIpc) is 3.07. The minimum Gasteiger partial charge on any atom is -0.490 e. The van der Waals surface area contributed by atoms with Gasteiger partial charge in [-0.3, -0.25) is 4.79 Å². The Bertz CT molecular complexity index is 1150. The summed E-state index contributed by atoms with van der Waals surface area (Å²) >= 11 is 0. The van der Waals surface area contributed by atoms with Crippen molar-refractivity contribution in [2.75, 3.05) is 18.5 Å². The molecule has 0 fully saturated rings. The molecule has 0 aliphatic rings. The van der Waals surface area contributed by atoms with E-state index in [0.29, 0.717) is 36.0 Å². The third kappa shape index (κ3) is 3.39. The molecule has 0 radical (unpaired) electrons. The highest BCUT2D eigenvalue weighted by Crippen LogP contribution is 2.31. The summed E-state index contributed by atoms with van der Waals surface area (Å²) in [6.45, 7) is 4.83. The predicted octanol–water partition coefficient (Wildman–Crippen LogP) is 5.64. The maximum Gasteiger partial charge on any atom is 0.255 e. The van der Waals surface area contributed by atoms with Crippen LogP contribution in [0.25, 0.3) is 21.9 Å². The molecule has 0 saturated heterocycles. The number of hydrogen-bond donors (Lipinski definition) is 1. The molecule has 4 rings (SSSR count). The number of amides is 1. The molecule has 5 heteroatoms. The van der Waals surface area contributed by atoms with E-state index in [1.807, 2.05) is 56.3 Å². The fraction of sp³-hybridized carbons (Fsp3) is 0.174. The number of nitrogens with one attached hydrogen (secondary N) is 1. The summed E-state index contributed by atoms with van der Waals surface area (Å²) in [5.74, 6) is 0.966. The number of ether oxygens (including phenoxy) is 2. The molecule has 0 unspecified atom stereocenters. The zero-order valence-electron chi connectivity index (χ0n) is 15.8. The molecule has 0 spiro atoms. The highest BCUT2D eigenvalue weighted by Gasteiger charge is 2.13. The first kappa shape index (κ1) is 17.9. The van der Waals surface area contributed by atoms with E-state index < -0.39 is 0 Å². The Hall–Kier alpha value is -3.47. The van der Waals surface area contributed by atoms with Gasteiger partial charge in [-0.15, -0.1) is 0 Å². The second-order valence-electron chi connectivity index (χ2n) is 6.29. The number of hydrogen-bond acceptors (Lipinski definition) is 4. The van der Waals surface area contributed by atoms with Crippen molar-refractivity contribution in [3.8, 4) is 11.5 Å². The van der Waals surface area contributed by atoms with Gasteiger partial charge in [0.05, 0.1) is 13.2 Å². The molecule has 0 atom stereocenters. The lowest BCUT2D eigenvalue weighted by Crippen LogP contribution is -2.12. The lowest BCUT2D eigenvalue weighted by atomic mass is 10.1. The van der Waals surface area contributed by atoms with Crippen LogP contribution in [0, 0.1) is 0 Å². The number of para-hydroxylation sites is 1. The standard InChI is InChI=1S/C23H21NO4/c1-3-26-20-12-9-15(13-22(20)27-4-2)23(25)24-16-10-11-18-17-7-5-6-8-19(17)28-21(18)14-16/h5-14H,3-4H2,1-2H3,(H,24,25). The van der Waals surface area contributed by atoms with Crippen molar-refractivity contribution in [2.45, 2.75) is 13.8 Å². The van der Waals surface area contributed by atoms with E-state index in [1.165, 1.54) is 0 Å². The lowest BCUT2D eigenvalue weighted by molar-refractivity contribution is 0.102. The number of furan rings is 1. The summed E-state index contributed by atoms with van der Waals surface area (Å²) < 4.78 is 17.0. The number of anilines is 1. The minimum absolute atomic E-state index is 0.223. The van der Waals surface area contributed by atoms with Gasteiger partial charge in [0.2, 0.25) is 0 Å². The van der Waals surface area contributed by atoms with Gasteiger partial charge in [0.15, 0.2) is 11.5 Å². The van der Waals surface area contributed by atoms with E-state index in [0.717, 1.165) is 21.9 Å². The van der Waals surface area contributed by atoms with E-state index in [-0.39, 0.29) is 5.91 Å². The first-order valence-corrected chi connectivity index (χ1v) is 9.32. The second-order valence-corrected chi connectivity index (χ2v) is 6.29. The van der Waals surface area contributed by atoms with Crippen molar-refractivity contribution in [1.82, 2.24) is 0 Å². The zero-order valence-corrected chi connectivity index (χ0v) is 15.8. The van der Waals surface area contributed by atoms with Crippen LogP contribution in [0.4, 0.5) is 5.69 Å². The first-order chi connectivity index (χ1) is 13.7. The van der Waals surface area contributed by atoms with E-state index in [1.54, 1.807) is 18.2 Å². The molecule has 5 nitrogen and oxygen atoms in total. The molecule has 0 saturated carbocycles. The summed E-state index contributed by atoms with van der Waals surface area (Å²) in [5.41, 5.74) is 2.73. The van der Waals surface area contributed by atoms with Crippen LogP contribution in [0.3, 0.4) is 0 Å². The van der Waals surface area contributed by atoms with E-state index in [2.05, 4.69) is 5.32 Å². The average molecular weight is 375 g/mol. The third-order valence-corrected chi connectivity index (χ3v) is 4.44. The van der Waals surface area contributed by atoms with Crippen LogP contribution in [-0.2, 0) is 0 Å². The Morgan fingerprint density at radius 1 is 0.857 bits per heavy atom. The maximum atomic E-state index is 12.7. The Labute approximate surface area is 162 Å². The molecule has 1 amide bonds. The third-order valence-electron chi connectivity index (χ3n) is 4.44. The molecule has 4 aromatic rings. The van der Waals surface area contributed by atoms with Gasteiger partial charge in [-0.2, -0.15) is 0 Å². The Morgan fingerprint density at radius 3 is 2.43 bits per heavy atom. The SMILES string of the molecule is CCOc1ccc(C(=O)Nc2ccc3c(c2)oc2ccccc23)cc1OCC. The van der Waals surface area contributed by atoms with Crippen LogP contribution < -0.4 is 14.8 Å². The summed E-state index contributed by atoms with van der Waals surface area (Å²) in [6.07, 6.45) is 0. The molecule has 0 bridgehead atoms. The molecule has 1 N–H and O–H groups in total. The van der Waals surface area contributed by atoms with Crippen molar-refractivity contribution in [3.63, 3.8) is 0 Å². The van der Waals surface area contributed by atoms with Crippen molar-refractivity contribution in [2.24, 2.45) is 0 Å². The number of fused-ring (bicyclic) bond motifs is 3. The van der Waals surface area contributed by atoms with E-state index >= 15 is 0 Å². The molecule has 1 heterocycles. The topological polar surface area (TPSA) is 60.7 Å². The fourth-order valence-corrected chi connectivity index (χ4v) is 3.20. The molecular weight excluding hydrogens is 354 g/mol. The van der Waals surface area contributed by atoms with Gasteiger partial charge in [0.1, 0.15) is 11.2 Å². The van der Waals surface area contributed by atoms with Crippen LogP contribution in [0.1, 0.15) is 24.2 Å². The summed E-state index contributed by atoms with van der Waals surface area (Å²) in [7, 11) is 0. The maximum absolute atomic E-state index is 12.7. The smallest absolute Gasteiger partial charge is 0.255 e. The van der Waals surface area contributed by atoms with Crippen molar-refractivity contribution < 1.29 is 18.7 Å². The van der Waals surface area contributed by atoms with Gasteiger partial charge in [-0.1, -0.05) is 18.2 Å². The van der Waals surface area contributed by atoms with Gasteiger partial charge in [-0.25, -0.2) is 0 Å². The van der Waals surface area contributed by atoms with Crippen LogP contribution in [0.5, 0.6) is 11.5 Å². The monoisotopic (exact) mass is 375 g/mol. The molecule has 142 valence electrons. The minimum atomic E-state index is -0.223. The normalized spacial score (nSPS) is 10.9. The molecular formula is C23H21NO4. The molecule has 28 heavy (non-hydrogen) atoms. The van der Waals surface area contributed by atoms with Crippen LogP contribution in [-0.4, -0.2) is 19.1 Å². The molecule has 1 aromatic heterocycles. The van der Waals surface area contributed by atoms with Crippen LogP contribution >= 0.6 is 0 Å². The van der Waals surface area contributed by atoms with Gasteiger partial charge in [-0.05, 0) is 50.2 Å². The molecule has 3 aromatic carbocycles. The van der Waals surface area contributed by atoms with Crippen LogP contribution in [0.2, 0.25) is 0 Å². The molecule has 0 aliphatic carbocycles. The first-order valence-electron chi connectivity index (χ1n) is 9.32. The number of carbonyl (C=O) groups is 1. The highest BCUT2D eigenvalue weighted by atomic mass is 16.5. The highest BCUT2D eigenvalue weighted by molar-refractivity contribution is 6.08. The van der Waals surface area contributed by atoms with Crippen LogP contribution in [0.15, 0.2) is 65.1 Å². The summed E-state index contributed by atoms with van der Waals surface area (Å²) in [5, 5.41) is 5.00. The number of rotatable bonds is 6. The number of carbonyl (C=O) groups excluding carboxylic acids is 1. The predicted molar refractivity (Wildman–Crippen MR) is 110 cm³/mol. The quantitative estimate of drug-likeness (QED) is 0.474.